The number of nitrogens with one attached hydrogen (secondary N) is 2. The average molecular weight is 515 g/mol. The summed E-state index contributed by atoms with van der Waals surface area (Å²) in [5.41, 5.74) is 4.69. The molecular weight excluding hydrogens is 498 g/mol. The predicted octanol–water partition coefficient (Wildman–Crippen LogP) is 4.31. The molecule has 2 rings (SSSR count). The molecule has 0 aliphatic rings. The van der Waals surface area contributed by atoms with Gasteiger partial charge in [0, 0.05) is 6.54 Å². The van der Waals surface area contributed by atoms with E-state index in [-0.39, 0.29) is 5.56 Å². The lowest BCUT2D eigenvalue weighted by molar-refractivity contribution is 0.0697. The van der Waals surface area contributed by atoms with Gasteiger partial charge >= 0.3 is 5.97 Å². The highest BCUT2D eigenvalue weighted by Gasteiger charge is 2.09. The van der Waals surface area contributed by atoms with Crippen molar-refractivity contribution >= 4 is 61.4 Å². The maximum Gasteiger partial charge on any atom is 0.335 e. The van der Waals surface area contributed by atoms with Crippen LogP contribution in [0, 0.1) is 0 Å². The maximum atomic E-state index is 10.9. The van der Waals surface area contributed by atoms with Gasteiger partial charge in [-0.1, -0.05) is 12.1 Å². The fourth-order valence-corrected chi connectivity index (χ4v) is 3.70. The van der Waals surface area contributed by atoms with Crippen LogP contribution >= 0.6 is 44.1 Å². The molecule has 0 spiro atoms. The molecule has 0 amide bonds. The van der Waals surface area contributed by atoms with Crippen LogP contribution in [0.5, 0.6) is 5.75 Å². The number of halogens is 2. The zero-order chi connectivity index (χ0) is 19.8. The Hall–Kier alpha value is -1.97. The first-order valence-electron chi connectivity index (χ1n) is 7.91. The lowest BCUT2D eigenvalue weighted by atomic mass is 10.1. The molecule has 3 N–H and O–H groups in total. The molecule has 0 aliphatic heterocycles. The van der Waals surface area contributed by atoms with Crippen LogP contribution in [0.3, 0.4) is 0 Å². The standard InChI is InChI=1S/C18H17Br2N3O3S/c1-2-21-18(27)23-22-9-12-7-14(19)16(15(20)8-12)26-10-11-3-5-13(6-4-11)17(24)25/h3-9H,2,10H2,1H3,(H,24,25)(H2,21,23,27)/b22-9-. The van der Waals surface area contributed by atoms with E-state index in [2.05, 4.69) is 47.7 Å². The number of hydrogen-bond donors (Lipinski definition) is 3. The molecule has 0 aliphatic carbocycles. The molecule has 0 radical (unpaired) electrons. The van der Waals surface area contributed by atoms with Gasteiger partial charge in [-0.25, -0.2) is 4.79 Å². The zero-order valence-electron chi connectivity index (χ0n) is 14.3. The number of carboxylic acid groups (broad SMARTS) is 1. The third kappa shape index (κ3) is 6.60. The number of benzene rings is 2. The van der Waals surface area contributed by atoms with Crippen LogP contribution in [0.2, 0.25) is 0 Å². The Balaban J connectivity index is 2.02. The summed E-state index contributed by atoms with van der Waals surface area (Å²) in [6, 6.07) is 10.3. The molecule has 0 unspecified atom stereocenters. The summed E-state index contributed by atoms with van der Waals surface area (Å²) in [6.07, 6.45) is 1.65. The van der Waals surface area contributed by atoms with Crippen LogP contribution in [-0.4, -0.2) is 28.9 Å². The molecule has 0 aromatic heterocycles. The van der Waals surface area contributed by atoms with E-state index in [0.29, 0.717) is 17.5 Å². The highest BCUT2D eigenvalue weighted by molar-refractivity contribution is 9.11. The maximum absolute atomic E-state index is 10.9. The van der Waals surface area contributed by atoms with Crippen LogP contribution in [-0.2, 0) is 6.61 Å². The number of carbonyl (C=O) groups is 1. The molecule has 0 saturated carbocycles. The van der Waals surface area contributed by atoms with Crippen molar-refractivity contribution in [3.63, 3.8) is 0 Å². The second kappa shape index (κ2) is 10.4. The SMILES string of the molecule is CCNC(=S)N/N=C\c1cc(Br)c(OCc2ccc(C(=O)O)cc2)c(Br)c1. The number of rotatable bonds is 7. The van der Waals surface area contributed by atoms with Crippen molar-refractivity contribution in [1.29, 1.82) is 0 Å². The predicted molar refractivity (Wildman–Crippen MR) is 117 cm³/mol. The second-order valence-corrected chi connectivity index (χ2v) is 7.45. The van der Waals surface area contributed by atoms with Crippen molar-refractivity contribution in [2.45, 2.75) is 13.5 Å². The molecule has 9 heteroatoms. The van der Waals surface area contributed by atoms with E-state index in [1.165, 1.54) is 0 Å². The van der Waals surface area contributed by atoms with Crippen LogP contribution < -0.4 is 15.5 Å². The summed E-state index contributed by atoms with van der Waals surface area (Å²) in [5.74, 6) is -0.309. The number of ether oxygens (including phenoxy) is 1. The monoisotopic (exact) mass is 513 g/mol. The van der Waals surface area contributed by atoms with Gasteiger partial charge in [-0.2, -0.15) is 5.10 Å². The van der Waals surface area contributed by atoms with Gasteiger partial charge in [-0.15, -0.1) is 0 Å². The normalized spacial score (nSPS) is 10.6. The first-order valence-corrected chi connectivity index (χ1v) is 9.91. The number of thiocarbonyl (C=S) groups is 1. The van der Waals surface area contributed by atoms with Crippen LogP contribution in [0.4, 0.5) is 0 Å². The third-order valence-corrected chi connectivity index (χ3v) is 4.74. The van der Waals surface area contributed by atoms with E-state index in [0.717, 1.165) is 26.6 Å². The van der Waals surface area contributed by atoms with Crippen LogP contribution in [0.25, 0.3) is 0 Å². The van der Waals surface area contributed by atoms with E-state index in [1.54, 1.807) is 30.5 Å². The average Bonchev–Trinajstić information content (AvgIpc) is 2.61. The van der Waals surface area contributed by atoms with E-state index < -0.39 is 5.97 Å². The summed E-state index contributed by atoms with van der Waals surface area (Å²) >= 11 is 12.0. The van der Waals surface area contributed by atoms with Gasteiger partial charge in [0.15, 0.2) is 5.11 Å². The molecule has 0 fully saturated rings. The lowest BCUT2D eigenvalue weighted by Gasteiger charge is -2.11. The first-order chi connectivity index (χ1) is 12.9. The Morgan fingerprint density at radius 3 is 2.44 bits per heavy atom. The van der Waals surface area contributed by atoms with Crippen molar-refractivity contribution in [2.24, 2.45) is 5.10 Å². The van der Waals surface area contributed by atoms with Gasteiger partial charge in [0.1, 0.15) is 12.4 Å². The fourth-order valence-electron chi connectivity index (χ4n) is 2.06. The smallest absolute Gasteiger partial charge is 0.335 e. The Bertz CT molecular complexity index is 834. The Kier molecular flexibility index (Phi) is 8.21. The quantitative estimate of drug-likeness (QED) is 0.290. The molecule has 0 saturated heterocycles. The summed E-state index contributed by atoms with van der Waals surface area (Å²) in [5, 5.41) is 16.4. The van der Waals surface area contributed by atoms with Crippen LogP contribution in [0.15, 0.2) is 50.4 Å². The Labute approximate surface area is 179 Å². The molecule has 27 heavy (non-hydrogen) atoms. The molecule has 0 atom stereocenters. The third-order valence-electron chi connectivity index (χ3n) is 3.32. The number of hydrazone groups is 1. The second-order valence-electron chi connectivity index (χ2n) is 5.33. The summed E-state index contributed by atoms with van der Waals surface area (Å²) in [4.78, 5) is 10.9. The number of hydrogen-bond acceptors (Lipinski definition) is 4. The van der Waals surface area contributed by atoms with E-state index in [9.17, 15) is 4.79 Å². The molecular formula is C18H17Br2N3O3S. The molecule has 142 valence electrons. The molecule has 2 aromatic carbocycles. The van der Waals surface area contributed by atoms with Gasteiger partial charge in [0.05, 0.1) is 20.7 Å². The van der Waals surface area contributed by atoms with E-state index in [4.69, 9.17) is 22.1 Å². The molecule has 2 aromatic rings. The lowest BCUT2D eigenvalue weighted by Crippen LogP contribution is -2.31. The van der Waals surface area contributed by atoms with Crippen molar-refractivity contribution in [3.05, 3.63) is 62.0 Å². The van der Waals surface area contributed by atoms with Gasteiger partial charge in [-0.05, 0) is 86.4 Å². The summed E-state index contributed by atoms with van der Waals surface area (Å²) in [7, 11) is 0. The minimum Gasteiger partial charge on any atom is -0.487 e. The Morgan fingerprint density at radius 1 is 1.26 bits per heavy atom. The summed E-state index contributed by atoms with van der Waals surface area (Å²) < 4.78 is 7.37. The van der Waals surface area contributed by atoms with Crippen molar-refractivity contribution in [1.82, 2.24) is 10.7 Å². The number of nitrogens with zero attached hydrogens (tertiary/aromatic N) is 1. The zero-order valence-corrected chi connectivity index (χ0v) is 18.3. The molecule has 6 nitrogen and oxygen atoms in total. The highest BCUT2D eigenvalue weighted by atomic mass is 79.9. The van der Waals surface area contributed by atoms with E-state index in [1.807, 2.05) is 19.1 Å². The van der Waals surface area contributed by atoms with Gasteiger partial charge in [-0.3, -0.25) is 5.43 Å². The minimum absolute atomic E-state index is 0.243. The molecule has 0 bridgehead atoms. The molecule has 0 heterocycles. The van der Waals surface area contributed by atoms with Crippen LogP contribution in [0.1, 0.15) is 28.4 Å². The van der Waals surface area contributed by atoms with Gasteiger partial charge in [0.25, 0.3) is 0 Å². The first kappa shape index (κ1) is 21.3. The number of aromatic carboxylic acids is 1. The van der Waals surface area contributed by atoms with Crippen molar-refractivity contribution < 1.29 is 14.6 Å². The highest BCUT2D eigenvalue weighted by Crippen LogP contribution is 2.35. The topological polar surface area (TPSA) is 83.0 Å². The van der Waals surface area contributed by atoms with Crippen molar-refractivity contribution in [3.8, 4) is 5.75 Å². The summed E-state index contributed by atoms with van der Waals surface area (Å²) in [6.45, 7) is 2.98. The minimum atomic E-state index is -0.953. The Morgan fingerprint density at radius 2 is 1.89 bits per heavy atom. The number of carboxylic acids is 1. The fraction of sp³-hybridized carbons (Fsp3) is 0.167. The van der Waals surface area contributed by atoms with Gasteiger partial charge < -0.3 is 15.2 Å². The van der Waals surface area contributed by atoms with Gasteiger partial charge in [0.2, 0.25) is 0 Å². The van der Waals surface area contributed by atoms with E-state index >= 15 is 0 Å². The van der Waals surface area contributed by atoms with Crippen molar-refractivity contribution in [2.75, 3.05) is 6.54 Å². The largest absolute Gasteiger partial charge is 0.487 e.